The summed E-state index contributed by atoms with van der Waals surface area (Å²) in [6.07, 6.45) is 0.439. The van der Waals surface area contributed by atoms with Crippen LogP contribution < -0.4 is 16.2 Å². The third-order valence-corrected chi connectivity index (χ3v) is 2.99. The number of primary amides is 1. The molecule has 2 aromatic rings. The molecule has 0 aliphatic heterocycles. The average molecular weight is 307 g/mol. The third kappa shape index (κ3) is 5.45. The zero-order valence-electron chi connectivity index (χ0n) is 11.6. The van der Waals surface area contributed by atoms with Gasteiger partial charge < -0.3 is 16.2 Å². The number of rotatable bonds is 6. The molecule has 0 heterocycles. The summed E-state index contributed by atoms with van der Waals surface area (Å²) in [6, 6.07) is 16.8. The normalized spacial score (nSPS) is 11.3. The molecule has 0 saturated carbocycles. The molecule has 4 nitrogen and oxygen atoms in total. The van der Waals surface area contributed by atoms with E-state index < -0.39 is 11.9 Å². The van der Waals surface area contributed by atoms with Gasteiger partial charge in [0.15, 0.2) is 0 Å². The summed E-state index contributed by atoms with van der Waals surface area (Å²) in [5.41, 5.74) is 12.8. The Kier molecular flexibility index (Phi) is 6.72. The zero-order chi connectivity index (χ0) is 14.4. The second kappa shape index (κ2) is 8.29. The maximum atomic E-state index is 10.9. The van der Waals surface area contributed by atoms with Gasteiger partial charge in [0.05, 0.1) is 6.04 Å². The molecule has 21 heavy (non-hydrogen) atoms. The Morgan fingerprint density at radius 3 is 2.19 bits per heavy atom. The van der Waals surface area contributed by atoms with Crippen molar-refractivity contribution >= 4 is 18.3 Å². The van der Waals surface area contributed by atoms with E-state index in [0.29, 0.717) is 13.0 Å². The van der Waals surface area contributed by atoms with Crippen molar-refractivity contribution in [3.8, 4) is 5.75 Å². The molecule has 0 radical (unpaired) electrons. The van der Waals surface area contributed by atoms with Crippen LogP contribution in [0.4, 0.5) is 0 Å². The molecule has 0 saturated heterocycles. The number of hydrogen-bond donors (Lipinski definition) is 2. The first kappa shape index (κ1) is 17.0. The summed E-state index contributed by atoms with van der Waals surface area (Å²) >= 11 is 0. The van der Waals surface area contributed by atoms with E-state index in [4.69, 9.17) is 16.2 Å². The van der Waals surface area contributed by atoms with Crippen LogP contribution >= 0.6 is 12.4 Å². The Bertz CT molecular complexity index is 558. The second-order valence-corrected chi connectivity index (χ2v) is 4.63. The molecule has 2 aromatic carbocycles. The van der Waals surface area contributed by atoms with E-state index in [2.05, 4.69) is 0 Å². The largest absolute Gasteiger partial charge is 0.489 e. The highest BCUT2D eigenvalue weighted by atomic mass is 35.5. The maximum Gasteiger partial charge on any atom is 0.234 e. The molecule has 0 aromatic heterocycles. The van der Waals surface area contributed by atoms with E-state index in [1.54, 1.807) is 0 Å². The lowest BCUT2D eigenvalue weighted by atomic mass is 10.1. The number of halogens is 1. The molecular weight excluding hydrogens is 288 g/mol. The van der Waals surface area contributed by atoms with E-state index in [1.807, 2.05) is 54.6 Å². The standard InChI is InChI=1S/C16H18N2O2.ClH/c17-15(16(18)19)10-12-6-8-14(9-7-12)20-11-13-4-2-1-3-5-13;/h1-9,15H,10-11,17H2,(H2,18,19);1H. The van der Waals surface area contributed by atoms with E-state index in [1.165, 1.54) is 0 Å². The minimum absolute atomic E-state index is 0. The van der Waals surface area contributed by atoms with Gasteiger partial charge in [0.25, 0.3) is 0 Å². The molecule has 0 aliphatic rings. The van der Waals surface area contributed by atoms with E-state index in [-0.39, 0.29) is 12.4 Å². The maximum absolute atomic E-state index is 10.9. The summed E-state index contributed by atoms with van der Waals surface area (Å²) < 4.78 is 5.68. The number of amides is 1. The van der Waals surface area contributed by atoms with Crippen LogP contribution in [-0.2, 0) is 17.8 Å². The minimum Gasteiger partial charge on any atom is -0.489 e. The van der Waals surface area contributed by atoms with Gasteiger partial charge in [-0.05, 0) is 29.7 Å². The monoisotopic (exact) mass is 306 g/mol. The van der Waals surface area contributed by atoms with Crippen molar-refractivity contribution in [1.82, 2.24) is 0 Å². The highest BCUT2D eigenvalue weighted by molar-refractivity contribution is 5.85. The van der Waals surface area contributed by atoms with Gasteiger partial charge in [-0.3, -0.25) is 4.79 Å². The van der Waals surface area contributed by atoms with Gasteiger partial charge in [-0.25, -0.2) is 0 Å². The van der Waals surface area contributed by atoms with Gasteiger partial charge in [-0.15, -0.1) is 12.4 Å². The molecule has 5 heteroatoms. The van der Waals surface area contributed by atoms with Crippen molar-refractivity contribution in [2.45, 2.75) is 19.1 Å². The van der Waals surface area contributed by atoms with Crippen molar-refractivity contribution in [3.05, 3.63) is 65.7 Å². The number of hydrogen-bond acceptors (Lipinski definition) is 3. The Morgan fingerprint density at radius 1 is 1.00 bits per heavy atom. The van der Waals surface area contributed by atoms with Crippen molar-refractivity contribution in [2.24, 2.45) is 11.5 Å². The number of carbonyl (C=O) groups excluding carboxylic acids is 1. The third-order valence-electron chi connectivity index (χ3n) is 2.99. The van der Waals surface area contributed by atoms with Crippen LogP contribution in [0.2, 0.25) is 0 Å². The molecule has 2 rings (SSSR count). The van der Waals surface area contributed by atoms with Crippen LogP contribution in [0.25, 0.3) is 0 Å². The van der Waals surface area contributed by atoms with Crippen molar-refractivity contribution in [2.75, 3.05) is 0 Å². The smallest absolute Gasteiger partial charge is 0.234 e. The van der Waals surface area contributed by atoms with Gasteiger partial charge in [0, 0.05) is 0 Å². The Balaban J connectivity index is 0.00000220. The van der Waals surface area contributed by atoms with Crippen LogP contribution in [0, 0.1) is 0 Å². The second-order valence-electron chi connectivity index (χ2n) is 4.63. The molecule has 1 amide bonds. The van der Waals surface area contributed by atoms with Crippen LogP contribution in [0.5, 0.6) is 5.75 Å². The lowest BCUT2D eigenvalue weighted by molar-refractivity contribution is -0.119. The molecule has 0 spiro atoms. The number of benzene rings is 2. The molecule has 112 valence electrons. The fraction of sp³-hybridized carbons (Fsp3) is 0.188. The molecule has 0 fully saturated rings. The Labute approximate surface area is 130 Å². The first-order valence-electron chi connectivity index (χ1n) is 6.46. The van der Waals surface area contributed by atoms with Crippen LogP contribution in [0.15, 0.2) is 54.6 Å². The summed E-state index contributed by atoms with van der Waals surface area (Å²) in [5, 5.41) is 0. The first-order valence-corrected chi connectivity index (χ1v) is 6.46. The van der Waals surface area contributed by atoms with Gasteiger partial charge in [-0.2, -0.15) is 0 Å². The van der Waals surface area contributed by atoms with E-state index >= 15 is 0 Å². The van der Waals surface area contributed by atoms with Crippen LogP contribution in [0.1, 0.15) is 11.1 Å². The zero-order valence-corrected chi connectivity index (χ0v) is 12.4. The number of carbonyl (C=O) groups is 1. The lowest BCUT2D eigenvalue weighted by Gasteiger charge is -2.09. The van der Waals surface area contributed by atoms with Crippen molar-refractivity contribution < 1.29 is 9.53 Å². The summed E-state index contributed by atoms with van der Waals surface area (Å²) in [5.74, 6) is 0.291. The van der Waals surface area contributed by atoms with Gasteiger partial charge in [-0.1, -0.05) is 42.5 Å². The summed E-state index contributed by atoms with van der Waals surface area (Å²) in [4.78, 5) is 10.9. The lowest BCUT2D eigenvalue weighted by Crippen LogP contribution is -2.38. The van der Waals surface area contributed by atoms with Crippen molar-refractivity contribution in [3.63, 3.8) is 0 Å². The van der Waals surface area contributed by atoms with Crippen LogP contribution in [0.3, 0.4) is 0 Å². The highest BCUT2D eigenvalue weighted by Crippen LogP contribution is 2.15. The minimum atomic E-state index is -0.647. The topological polar surface area (TPSA) is 78.3 Å². The Hall–Kier alpha value is -2.04. The van der Waals surface area contributed by atoms with Gasteiger partial charge in [0.2, 0.25) is 5.91 Å². The SMILES string of the molecule is Cl.NC(=O)C(N)Cc1ccc(OCc2ccccc2)cc1. The fourth-order valence-corrected chi connectivity index (χ4v) is 1.82. The average Bonchev–Trinajstić information content (AvgIpc) is 2.47. The molecule has 0 aliphatic carbocycles. The Morgan fingerprint density at radius 2 is 1.62 bits per heavy atom. The number of nitrogens with two attached hydrogens (primary N) is 2. The highest BCUT2D eigenvalue weighted by Gasteiger charge is 2.09. The van der Waals surface area contributed by atoms with E-state index in [9.17, 15) is 4.79 Å². The van der Waals surface area contributed by atoms with Gasteiger partial charge >= 0.3 is 0 Å². The van der Waals surface area contributed by atoms with Crippen molar-refractivity contribution in [1.29, 1.82) is 0 Å². The van der Waals surface area contributed by atoms with Gasteiger partial charge in [0.1, 0.15) is 12.4 Å². The summed E-state index contributed by atoms with van der Waals surface area (Å²) in [6.45, 7) is 0.529. The fourth-order valence-electron chi connectivity index (χ4n) is 1.82. The molecular formula is C16H19ClN2O2. The quantitative estimate of drug-likeness (QED) is 0.857. The molecule has 0 bridgehead atoms. The predicted octanol–water partition coefficient (Wildman–Crippen LogP) is 2.04. The molecule has 1 atom stereocenters. The molecule has 4 N–H and O–H groups in total. The predicted molar refractivity (Wildman–Crippen MR) is 85.3 cm³/mol. The molecule has 1 unspecified atom stereocenters. The first-order chi connectivity index (χ1) is 9.65. The summed E-state index contributed by atoms with van der Waals surface area (Å²) in [7, 11) is 0. The number of ether oxygens (including phenoxy) is 1. The van der Waals surface area contributed by atoms with Crippen LogP contribution in [-0.4, -0.2) is 11.9 Å². The van der Waals surface area contributed by atoms with E-state index in [0.717, 1.165) is 16.9 Å².